The minimum absolute atomic E-state index is 0.131. The average molecular weight is 372 g/mol. The van der Waals surface area contributed by atoms with Crippen molar-refractivity contribution in [3.63, 3.8) is 0 Å². The van der Waals surface area contributed by atoms with Gasteiger partial charge in [0.1, 0.15) is 6.04 Å². The van der Waals surface area contributed by atoms with Crippen molar-refractivity contribution < 1.29 is 19.1 Å². The second-order valence-electron chi connectivity index (χ2n) is 7.18. The van der Waals surface area contributed by atoms with Crippen molar-refractivity contribution in [3.8, 4) is 0 Å². The molecule has 0 aliphatic carbocycles. The number of ether oxygens (including phenoxy) is 1. The molecule has 8 heteroatoms. The van der Waals surface area contributed by atoms with Crippen molar-refractivity contribution in [1.82, 2.24) is 20.9 Å². The van der Waals surface area contributed by atoms with Gasteiger partial charge in [-0.1, -0.05) is 18.2 Å². The lowest BCUT2D eigenvalue weighted by Gasteiger charge is -2.29. The molecule has 8 nitrogen and oxygen atoms in total. The molecule has 144 valence electrons. The predicted molar refractivity (Wildman–Crippen MR) is 96.8 cm³/mol. The van der Waals surface area contributed by atoms with Crippen LogP contribution in [0.1, 0.15) is 34.3 Å². The molecule has 2 atom stereocenters. The second-order valence-corrected chi connectivity index (χ2v) is 7.18. The van der Waals surface area contributed by atoms with E-state index in [0.717, 1.165) is 24.2 Å². The van der Waals surface area contributed by atoms with Gasteiger partial charge >= 0.3 is 0 Å². The van der Waals surface area contributed by atoms with Gasteiger partial charge in [-0.15, -0.1) is 0 Å². The molecule has 0 radical (unpaired) electrons. The van der Waals surface area contributed by atoms with E-state index in [1.807, 2.05) is 18.2 Å². The van der Waals surface area contributed by atoms with Crippen LogP contribution in [0.15, 0.2) is 18.2 Å². The number of benzene rings is 1. The summed E-state index contributed by atoms with van der Waals surface area (Å²) in [5.41, 5.74) is 2.54. The number of hydrogen-bond donors (Lipinski definition) is 3. The van der Waals surface area contributed by atoms with Crippen molar-refractivity contribution in [2.75, 3.05) is 26.2 Å². The van der Waals surface area contributed by atoms with E-state index in [1.54, 1.807) is 4.90 Å². The molecule has 3 heterocycles. The van der Waals surface area contributed by atoms with Gasteiger partial charge in [-0.25, -0.2) is 0 Å². The molecular formula is C19H24N4O4. The Balaban J connectivity index is 1.43. The molecule has 0 bridgehead atoms. The molecule has 4 rings (SSSR count). The number of nitrogens with zero attached hydrogens (tertiary/aromatic N) is 1. The Kier molecular flexibility index (Phi) is 5.20. The van der Waals surface area contributed by atoms with Crippen molar-refractivity contribution >= 4 is 17.7 Å². The Morgan fingerprint density at radius 2 is 2.15 bits per heavy atom. The molecule has 1 unspecified atom stereocenters. The first-order valence-corrected chi connectivity index (χ1v) is 9.42. The van der Waals surface area contributed by atoms with Crippen LogP contribution in [0.25, 0.3) is 0 Å². The van der Waals surface area contributed by atoms with E-state index in [0.29, 0.717) is 38.2 Å². The van der Waals surface area contributed by atoms with Crippen LogP contribution in [0.4, 0.5) is 0 Å². The van der Waals surface area contributed by atoms with E-state index < -0.39 is 6.04 Å². The SMILES string of the molecule is O=C1CCC(N2Cc3cccc(CNC[C@H]4CNCCO4)c3C2=O)C(=O)N1. The molecule has 2 fully saturated rings. The lowest BCUT2D eigenvalue weighted by Crippen LogP contribution is -2.52. The van der Waals surface area contributed by atoms with Gasteiger partial charge in [-0.2, -0.15) is 0 Å². The smallest absolute Gasteiger partial charge is 0.255 e. The quantitative estimate of drug-likeness (QED) is 0.604. The first-order valence-electron chi connectivity index (χ1n) is 9.42. The minimum atomic E-state index is -0.579. The van der Waals surface area contributed by atoms with Crippen LogP contribution in [0.3, 0.4) is 0 Å². The number of carbonyl (C=O) groups is 3. The normalized spacial score (nSPS) is 25.5. The number of fused-ring (bicyclic) bond motifs is 1. The van der Waals surface area contributed by atoms with Gasteiger partial charge < -0.3 is 20.3 Å². The predicted octanol–water partition coefficient (Wildman–Crippen LogP) is -0.474. The van der Waals surface area contributed by atoms with Crippen LogP contribution in [0.2, 0.25) is 0 Å². The molecule has 3 N–H and O–H groups in total. The van der Waals surface area contributed by atoms with Crippen LogP contribution >= 0.6 is 0 Å². The fourth-order valence-corrected chi connectivity index (χ4v) is 3.96. The Bertz CT molecular complexity index is 760. The number of hydrogen-bond acceptors (Lipinski definition) is 6. The van der Waals surface area contributed by atoms with E-state index in [4.69, 9.17) is 4.74 Å². The van der Waals surface area contributed by atoms with Crippen molar-refractivity contribution in [2.45, 2.75) is 38.1 Å². The van der Waals surface area contributed by atoms with Crippen LogP contribution in [-0.2, 0) is 27.4 Å². The van der Waals surface area contributed by atoms with Crippen LogP contribution in [0.5, 0.6) is 0 Å². The fourth-order valence-electron chi connectivity index (χ4n) is 3.96. The summed E-state index contributed by atoms with van der Waals surface area (Å²) in [5, 5.41) is 9.00. The standard InChI is InChI=1S/C19H24N4O4/c24-16-5-4-15(18(25)22-16)23-11-13-3-1-2-12(17(13)19(23)26)8-21-10-14-9-20-6-7-27-14/h1-3,14-15,20-21H,4-11H2,(H,22,24,25)/t14-,15?/m1/s1. The summed E-state index contributed by atoms with van der Waals surface area (Å²) in [6, 6.07) is 5.23. The van der Waals surface area contributed by atoms with Crippen molar-refractivity contribution in [1.29, 1.82) is 0 Å². The topological polar surface area (TPSA) is 99.8 Å². The van der Waals surface area contributed by atoms with Gasteiger partial charge in [0.25, 0.3) is 5.91 Å². The van der Waals surface area contributed by atoms with Gasteiger partial charge in [0.15, 0.2) is 0 Å². The highest BCUT2D eigenvalue weighted by atomic mass is 16.5. The molecule has 3 aliphatic rings. The highest BCUT2D eigenvalue weighted by Gasteiger charge is 2.39. The summed E-state index contributed by atoms with van der Waals surface area (Å²) in [6.45, 7) is 4.10. The van der Waals surface area contributed by atoms with E-state index in [1.165, 1.54) is 0 Å². The Labute approximate surface area is 157 Å². The first-order chi connectivity index (χ1) is 13.1. The zero-order valence-corrected chi connectivity index (χ0v) is 15.1. The molecule has 3 aliphatic heterocycles. The minimum Gasteiger partial charge on any atom is -0.374 e. The zero-order valence-electron chi connectivity index (χ0n) is 15.1. The van der Waals surface area contributed by atoms with Crippen molar-refractivity contribution in [2.24, 2.45) is 0 Å². The Morgan fingerprint density at radius 1 is 1.26 bits per heavy atom. The van der Waals surface area contributed by atoms with Gasteiger partial charge in [0.2, 0.25) is 11.8 Å². The van der Waals surface area contributed by atoms with Crippen LogP contribution in [-0.4, -0.2) is 61.0 Å². The average Bonchev–Trinajstić information content (AvgIpc) is 3.00. The molecule has 3 amide bonds. The third kappa shape index (κ3) is 3.73. The number of amides is 3. The third-order valence-corrected chi connectivity index (χ3v) is 5.33. The Hall–Kier alpha value is -2.29. The lowest BCUT2D eigenvalue weighted by atomic mass is 10.0. The summed E-state index contributed by atoms with van der Waals surface area (Å²) in [6.07, 6.45) is 0.774. The number of carbonyl (C=O) groups excluding carboxylic acids is 3. The van der Waals surface area contributed by atoms with Gasteiger partial charge in [0, 0.05) is 44.7 Å². The largest absolute Gasteiger partial charge is 0.374 e. The first kappa shape index (κ1) is 18.1. The summed E-state index contributed by atoms with van der Waals surface area (Å²) >= 11 is 0. The summed E-state index contributed by atoms with van der Waals surface area (Å²) < 4.78 is 5.67. The zero-order chi connectivity index (χ0) is 18.8. The molecule has 0 aromatic heterocycles. The van der Waals surface area contributed by atoms with E-state index in [9.17, 15) is 14.4 Å². The second kappa shape index (κ2) is 7.75. The molecule has 0 saturated carbocycles. The monoisotopic (exact) mass is 372 g/mol. The Morgan fingerprint density at radius 3 is 2.93 bits per heavy atom. The lowest BCUT2D eigenvalue weighted by molar-refractivity contribution is -0.136. The van der Waals surface area contributed by atoms with E-state index in [-0.39, 0.29) is 30.2 Å². The molecule has 27 heavy (non-hydrogen) atoms. The highest BCUT2D eigenvalue weighted by molar-refractivity contribution is 6.05. The number of rotatable bonds is 5. The molecule has 1 aromatic rings. The molecule has 2 saturated heterocycles. The van der Waals surface area contributed by atoms with E-state index in [2.05, 4.69) is 16.0 Å². The maximum absolute atomic E-state index is 13.0. The van der Waals surface area contributed by atoms with E-state index >= 15 is 0 Å². The fraction of sp³-hybridized carbons (Fsp3) is 0.526. The summed E-state index contributed by atoms with van der Waals surface area (Å²) in [5.74, 6) is -0.786. The highest BCUT2D eigenvalue weighted by Crippen LogP contribution is 2.29. The van der Waals surface area contributed by atoms with Gasteiger partial charge in [0.05, 0.1) is 12.7 Å². The molecular weight excluding hydrogens is 348 g/mol. The van der Waals surface area contributed by atoms with Gasteiger partial charge in [-0.05, 0) is 17.5 Å². The maximum Gasteiger partial charge on any atom is 0.255 e. The third-order valence-electron chi connectivity index (χ3n) is 5.33. The molecule has 0 spiro atoms. The van der Waals surface area contributed by atoms with Crippen LogP contribution in [0, 0.1) is 0 Å². The van der Waals surface area contributed by atoms with Crippen molar-refractivity contribution in [3.05, 3.63) is 34.9 Å². The van der Waals surface area contributed by atoms with Gasteiger partial charge in [-0.3, -0.25) is 19.7 Å². The molecule has 1 aromatic carbocycles. The summed E-state index contributed by atoms with van der Waals surface area (Å²) in [7, 11) is 0. The summed E-state index contributed by atoms with van der Waals surface area (Å²) in [4.78, 5) is 38.1. The number of morpholine rings is 1. The number of imide groups is 1. The number of nitrogens with one attached hydrogen (secondary N) is 3. The van der Waals surface area contributed by atoms with Crippen LogP contribution < -0.4 is 16.0 Å². The maximum atomic E-state index is 13.0. The number of piperidine rings is 1.